The van der Waals surface area contributed by atoms with E-state index in [0.717, 1.165) is 16.8 Å². The molecule has 2 heterocycles. The van der Waals surface area contributed by atoms with Crippen LogP contribution >= 0.6 is 0 Å². The van der Waals surface area contributed by atoms with Crippen molar-refractivity contribution < 1.29 is 14.3 Å². The van der Waals surface area contributed by atoms with Crippen LogP contribution < -0.4 is 9.47 Å². The summed E-state index contributed by atoms with van der Waals surface area (Å²) in [6.45, 7) is 4.57. The lowest BCUT2D eigenvalue weighted by Crippen LogP contribution is -2.33. The van der Waals surface area contributed by atoms with E-state index in [1.165, 1.54) is 0 Å². The van der Waals surface area contributed by atoms with Crippen LogP contribution in [0.25, 0.3) is 0 Å². The van der Waals surface area contributed by atoms with Gasteiger partial charge in [0.2, 0.25) is 6.79 Å². The second kappa shape index (κ2) is 7.38. The van der Waals surface area contributed by atoms with Gasteiger partial charge in [0.15, 0.2) is 17.2 Å². The van der Waals surface area contributed by atoms with Crippen molar-refractivity contribution >= 4 is 5.91 Å². The highest BCUT2D eigenvalue weighted by Crippen LogP contribution is 2.37. The average Bonchev–Trinajstić information content (AvgIpc) is 3.33. The third kappa shape index (κ3) is 3.33. The largest absolute Gasteiger partial charge is 0.454 e. The number of aromatic nitrogens is 2. The zero-order valence-corrected chi connectivity index (χ0v) is 16.3. The first-order chi connectivity index (χ1) is 13.5. The van der Waals surface area contributed by atoms with Crippen LogP contribution in [0.4, 0.5) is 0 Å². The van der Waals surface area contributed by atoms with Crippen molar-refractivity contribution in [2.75, 3.05) is 6.79 Å². The lowest BCUT2D eigenvalue weighted by molar-refractivity contribution is 0.0665. The molecule has 0 fully saturated rings. The molecule has 1 amide bonds. The van der Waals surface area contributed by atoms with Crippen LogP contribution in [0.3, 0.4) is 0 Å². The molecule has 1 aliphatic heterocycles. The number of nitrogens with zero attached hydrogens (tertiary/aromatic N) is 3. The highest BCUT2D eigenvalue weighted by molar-refractivity contribution is 5.92. The second-order valence-electron chi connectivity index (χ2n) is 6.97. The molecule has 4 rings (SSSR count). The maximum atomic E-state index is 13.4. The van der Waals surface area contributed by atoms with Crippen LogP contribution in [0.5, 0.6) is 11.5 Å². The summed E-state index contributed by atoms with van der Waals surface area (Å²) in [6.07, 6.45) is 0. The second-order valence-corrected chi connectivity index (χ2v) is 6.97. The Kier molecular flexibility index (Phi) is 4.77. The Labute approximate surface area is 164 Å². The van der Waals surface area contributed by atoms with Crippen LogP contribution in [-0.2, 0) is 13.6 Å². The summed E-state index contributed by atoms with van der Waals surface area (Å²) in [4.78, 5) is 15.2. The van der Waals surface area contributed by atoms with Gasteiger partial charge in [0.05, 0.1) is 12.6 Å². The molecule has 1 atom stereocenters. The number of aryl methyl sites for hydroxylation is 2. The van der Waals surface area contributed by atoms with Gasteiger partial charge in [0.1, 0.15) is 0 Å². The molecule has 0 bridgehead atoms. The number of ether oxygens (including phenoxy) is 2. The quantitative estimate of drug-likeness (QED) is 0.677. The molecule has 144 valence electrons. The Bertz CT molecular complexity index is 978. The first kappa shape index (κ1) is 18.1. The van der Waals surface area contributed by atoms with Crippen molar-refractivity contribution in [1.82, 2.24) is 14.7 Å². The van der Waals surface area contributed by atoms with E-state index in [-0.39, 0.29) is 18.7 Å². The topological polar surface area (TPSA) is 56.6 Å². The smallest absolute Gasteiger partial charge is 0.275 e. The van der Waals surface area contributed by atoms with Gasteiger partial charge in [-0.3, -0.25) is 9.48 Å². The van der Waals surface area contributed by atoms with Crippen molar-refractivity contribution in [3.63, 3.8) is 0 Å². The molecule has 0 aliphatic carbocycles. The molecule has 1 aliphatic rings. The number of amides is 1. The zero-order valence-electron chi connectivity index (χ0n) is 16.3. The van der Waals surface area contributed by atoms with E-state index in [1.807, 2.05) is 80.4 Å². The molecule has 0 spiro atoms. The van der Waals surface area contributed by atoms with E-state index >= 15 is 0 Å². The molecule has 3 aromatic rings. The molecule has 6 nitrogen and oxygen atoms in total. The zero-order chi connectivity index (χ0) is 19.7. The summed E-state index contributed by atoms with van der Waals surface area (Å²) in [5, 5.41) is 4.39. The number of benzene rings is 2. The molecule has 0 saturated heterocycles. The molecule has 28 heavy (non-hydrogen) atoms. The Morgan fingerprint density at radius 2 is 1.96 bits per heavy atom. The Morgan fingerprint density at radius 3 is 2.68 bits per heavy atom. The van der Waals surface area contributed by atoms with E-state index < -0.39 is 0 Å². The molecule has 6 heteroatoms. The molecule has 0 saturated carbocycles. The summed E-state index contributed by atoms with van der Waals surface area (Å²) in [7, 11) is 1.84. The van der Waals surface area contributed by atoms with E-state index in [4.69, 9.17) is 9.47 Å². The van der Waals surface area contributed by atoms with E-state index in [1.54, 1.807) is 4.68 Å². The highest BCUT2D eigenvalue weighted by atomic mass is 16.7. The number of hydrogen-bond acceptors (Lipinski definition) is 4. The van der Waals surface area contributed by atoms with Crippen LogP contribution in [0.2, 0.25) is 0 Å². The standard InChI is InChI=1S/C22H23N3O3/c1-15-12-19(23-24(15)3)22(26)25(16(2)17-8-5-4-6-9-17)13-18-10-7-11-20-21(18)28-14-27-20/h4-12,16H,13-14H2,1-3H3/t16-/m1/s1. The SMILES string of the molecule is Cc1cc(C(=O)N(Cc2cccc3c2OCO3)[C@H](C)c2ccccc2)nn1C. The minimum atomic E-state index is -0.130. The number of fused-ring (bicyclic) bond motifs is 1. The molecule has 0 unspecified atom stereocenters. The molecule has 0 N–H and O–H groups in total. The van der Waals surface area contributed by atoms with Gasteiger partial charge in [-0.2, -0.15) is 5.10 Å². The summed E-state index contributed by atoms with van der Waals surface area (Å²) in [5.41, 5.74) is 3.35. The first-order valence-corrected chi connectivity index (χ1v) is 9.28. The number of carbonyl (C=O) groups is 1. The third-order valence-electron chi connectivity index (χ3n) is 5.16. The lowest BCUT2D eigenvalue weighted by atomic mass is 10.0. The van der Waals surface area contributed by atoms with Gasteiger partial charge in [-0.15, -0.1) is 0 Å². The highest BCUT2D eigenvalue weighted by Gasteiger charge is 2.28. The van der Waals surface area contributed by atoms with Crippen molar-refractivity contribution in [3.05, 3.63) is 77.1 Å². The molecule has 1 aromatic heterocycles. The van der Waals surface area contributed by atoms with Crippen molar-refractivity contribution in [2.45, 2.75) is 26.4 Å². The van der Waals surface area contributed by atoms with Crippen LogP contribution in [0, 0.1) is 6.92 Å². The van der Waals surface area contributed by atoms with Gasteiger partial charge in [0, 0.05) is 18.3 Å². The summed E-state index contributed by atoms with van der Waals surface area (Å²) in [5.74, 6) is 1.31. The molecule has 0 radical (unpaired) electrons. The maximum Gasteiger partial charge on any atom is 0.275 e. The predicted molar refractivity (Wildman–Crippen MR) is 105 cm³/mol. The molecule has 2 aromatic carbocycles. The van der Waals surface area contributed by atoms with Crippen molar-refractivity contribution in [2.24, 2.45) is 7.05 Å². The van der Waals surface area contributed by atoms with Gasteiger partial charge < -0.3 is 14.4 Å². The molecular formula is C22H23N3O3. The van der Waals surface area contributed by atoms with Gasteiger partial charge in [0.25, 0.3) is 5.91 Å². The maximum absolute atomic E-state index is 13.4. The minimum Gasteiger partial charge on any atom is -0.454 e. The average molecular weight is 377 g/mol. The van der Waals surface area contributed by atoms with Gasteiger partial charge in [-0.25, -0.2) is 0 Å². The van der Waals surface area contributed by atoms with E-state index in [2.05, 4.69) is 5.10 Å². The minimum absolute atomic E-state index is 0.114. The van der Waals surface area contributed by atoms with Crippen LogP contribution in [0.15, 0.2) is 54.6 Å². The fraction of sp³-hybridized carbons (Fsp3) is 0.273. The summed E-state index contributed by atoms with van der Waals surface area (Å²) >= 11 is 0. The van der Waals surface area contributed by atoms with Crippen molar-refractivity contribution in [1.29, 1.82) is 0 Å². The lowest BCUT2D eigenvalue weighted by Gasteiger charge is -2.29. The molecular weight excluding hydrogens is 354 g/mol. The van der Waals surface area contributed by atoms with E-state index in [9.17, 15) is 4.79 Å². The number of hydrogen-bond donors (Lipinski definition) is 0. The summed E-state index contributed by atoms with van der Waals surface area (Å²) in [6, 6.07) is 17.5. The normalized spacial score (nSPS) is 13.4. The third-order valence-corrected chi connectivity index (χ3v) is 5.16. The van der Waals surface area contributed by atoms with Gasteiger partial charge >= 0.3 is 0 Å². The number of para-hydroxylation sites is 1. The van der Waals surface area contributed by atoms with Crippen LogP contribution in [0.1, 0.15) is 40.3 Å². The summed E-state index contributed by atoms with van der Waals surface area (Å²) < 4.78 is 12.9. The monoisotopic (exact) mass is 377 g/mol. The van der Waals surface area contributed by atoms with Gasteiger partial charge in [-0.05, 0) is 31.5 Å². The fourth-order valence-electron chi connectivity index (χ4n) is 3.41. The Hall–Kier alpha value is -3.28. The Balaban J connectivity index is 1.71. The van der Waals surface area contributed by atoms with Crippen LogP contribution in [-0.4, -0.2) is 27.4 Å². The Morgan fingerprint density at radius 1 is 1.18 bits per heavy atom. The number of carbonyl (C=O) groups excluding carboxylic acids is 1. The van der Waals surface area contributed by atoms with E-state index in [0.29, 0.717) is 23.7 Å². The fourth-order valence-corrected chi connectivity index (χ4v) is 3.41. The van der Waals surface area contributed by atoms with Gasteiger partial charge in [-0.1, -0.05) is 42.5 Å². The van der Waals surface area contributed by atoms with Crippen molar-refractivity contribution in [3.8, 4) is 11.5 Å². The first-order valence-electron chi connectivity index (χ1n) is 9.28. The number of rotatable bonds is 5. The predicted octanol–water partition coefficient (Wildman–Crippen LogP) is 3.86.